The molecule has 224 valence electrons. The lowest BCUT2D eigenvalue weighted by molar-refractivity contribution is 0.0565. The highest BCUT2D eigenvalue weighted by molar-refractivity contribution is 6.04. The number of ether oxygens (including phenoxy) is 1. The van der Waals surface area contributed by atoms with Gasteiger partial charge in [0.25, 0.3) is 5.91 Å². The molecule has 0 atom stereocenters. The van der Waals surface area contributed by atoms with E-state index in [1.54, 1.807) is 12.3 Å². The number of anilines is 2. The van der Waals surface area contributed by atoms with Crippen LogP contribution in [0.3, 0.4) is 0 Å². The van der Waals surface area contributed by atoms with Crippen molar-refractivity contribution in [3.63, 3.8) is 0 Å². The topological polar surface area (TPSA) is 85.0 Å². The van der Waals surface area contributed by atoms with Crippen LogP contribution in [0, 0.1) is 0 Å². The van der Waals surface area contributed by atoms with Gasteiger partial charge in [-0.05, 0) is 85.0 Å². The van der Waals surface area contributed by atoms with Crippen LogP contribution in [0.4, 0.5) is 11.4 Å². The Kier molecular flexibility index (Phi) is 11.6. The minimum absolute atomic E-state index is 0.289. The number of likely N-dealkylation sites (N-methyl/N-ethyl adjacent to an activating group) is 1. The molecule has 0 radical (unpaired) electrons. The first-order valence-electron chi connectivity index (χ1n) is 14.5. The first kappa shape index (κ1) is 32.0. The Balaban J connectivity index is 1.60. The van der Waals surface area contributed by atoms with E-state index in [0.29, 0.717) is 35.5 Å². The van der Waals surface area contributed by atoms with Gasteiger partial charge in [0.1, 0.15) is 11.3 Å². The van der Waals surface area contributed by atoms with Gasteiger partial charge in [0.15, 0.2) is 5.88 Å². The molecule has 3 rings (SSSR count). The van der Waals surface area contributed by atoms with Crippen LogP contribution >= 0.6 is 0 Å². The molecule has 1 aromatic heterocycles. The summed E-state index contributed by atoms with van der Waals surface area (Å²) in [5.74, 6) is 1.02. The fourth-order valence-electron chi connectivity index (χ4n) is 4.60. The largest absolute Gasteiger partial charge is 0.474 e. The maximum atomic E-state index is 13.1. The second-order valence-corrected chi connectivity index (χ2v) is 12.0. The smallest absolute Gasteiger partial charge is 0.274 e. The summed E-state index contributed by atoms with van der Waals surface area (Å²) in [7, 11) is 2.18. The van der Waals surface area contributed by atoms with E-state index in [4.69, 9.17) is 4.74 Å². The number of benzene rings is 1. The molecule has 9 heteroatoms. The van der Waals surface area contributed by atoms with E-state index in [1.165, 1.54) is 0 Å². The Morgan fingerprint density at radius 1 is 1.05 bits per heavy atom. The van der Waals surface area contributed by atoms with Crippen LogP contribution in [-0.4, -0.2) is 83.5 Å². The number of pyridine rings is 1. The van der Waals surface area contributed by atoms with Crippen molar-refractivity contribution in [3.8, 4) is 0 Å². The minimum Gasteiger partial charge on any atom is -0.474 e. The van der Waals surface area contributed by atoms with Gasteiger partial charge in [-0.3, -0.25) is 9.78 Å². The van der Waals surface area contributed by atoms with E-state index >= 15 is 0 Å². The molecule has 0 aliphatic carbocycles. The van der Waals surface area contributed by atoms with Crippen molar-refractivity contribution in [2.24, 2.45) is 0 Å². The standard InChI is InChI=1S/C32H49N7O2/c1-24(2)34-25(3)39(17-11-16-38-20-18-37(8)19-21-38)23-27-14-15-30(33-22-27)31(40)36-29-13-10-9-12-28(29)35-26(4)41-32(5,6)7/h9-10,12-15,22,24,34-35H,3-4,11,16-21,23H2,1-2,5-8H3,(H,36,40). The summed E-state index contributed by atoms with van der Waals surface area (Å²) in [6, 6.07) is 11.5. The summed E-state index contributed by atoms with van der Waals surface area (Å²) < 4.78 is 5.78. The number of hydrogen-bond acceptors (Lipinski definition) is 8. The molecule has 3 N–H and O–H groups in total. The molecule has 2 aromatic rings. The van der Waals surface area contributed by atoms with Gasteiger partial charge in [0.05, 0.1) is 17.2 Å². The number of aromatic nitrogens is 1. The van der Waals surface area contributed by atoms with Crippen LogP contribution in [0.1, 0.15) is 57.1 Å². The number of carbonyl (C=O) groups excluding carboxylic acids is 1. The molecular formula is C32H49N7O2. The SMILES string of the molecule is C=C(Nc1ccccc1NC(=O)c1ccc(CN(CCCN2CCN(C)CC2)C(=C)NC(C)C)cn1)OC(C)(C)C. The first-order valence-corrected chi connectivity index (χ1v) is 14.5. The van der Waals surface area contributed by atoms with Crippen molar-refractivity contribution in [2.75, 3.05) is 56.9 Å². The Bertz CT molecular complexity index is 1150. The first-order chi connectivity index (χ1) is 19.4. The van der Waals surface area contributed by atoms with Crippen molar-refractivity contribution in [1.29, 1.82) is 0 Å². The zero-order valence-electron chi connectivity index (χ0n) is 25.8. The molecule has 9 nitrogen and oxygen atoms in total. The van der Waals surface area contributed by atoms with Gasteiger partial charge in [0.2, 0.25) is 0 Å². The maximum Gasteiger partial charge on any atom is 0.274 e. The summed E-state index contributed by atoms with van der Waals surface area (Å²) >= 11 is 0. The van der Waals surface area contributed by atoms with Crippen molar-refractivity contribution in [3.05, 3.63) is 78.7 Å². The molecule has 1 aliphatic rings. The number of piperazine rings is 1. The van der Waals surface area contributed by atoms with E-state index in [0.717, 1.165) is 57.1 Å². The van der Waals surface area contributed by atoms with Crippen LogP contribution in [0.25, 0.3) is 0 Å². The molecule has 0 spiro atoms. The molecule has 1 amide bonds. The fourth-order valence-corrected chi connectivity index (χ4v) is 4.60. The zero-order chi connectivity index (χ0) is 30.0. The lowest BCUT2D eigenvalue weighted by Gasteiger charge is -2.34. The molecule has 2 heterocycles. The number of amides is 1. The lowest BCUT2D eigenvalue weighted by Crippen LogP contribution is -2.45. The molecule has 0 saturated carbocycles. The Morgan fingerprint density at radius 2 is 1.71 bits per heavy atom. The van der Waals surface area contributed by atoms with E-state index < -0.39 is 0 Å². The molecule has 1 aromatic carbocycles. The summed E-state index contributed by atoms with van der Waals surface area (Å²) in [4.78, 5) is 24.7. The highest BCUT2D eigenvalue weighted by Crippen LogP contribution is 2.24. The van der Waals surface area contributed by atoms with Crippen LogP contribution in [-0.2, 0) is 11.3 Å². The van der Waals surface area contributed by atoms with Crippen LogP contribution in [0.2, 0.25) is 0 Å². The Morgan fingerprint density at radius 3 is 2.29 bits per heavy atom. The third-order valence-corrected chi connectivity index (χ3v) is 6.64. The predicted octanol–water partition coefficient (Wildman–Crippen LogP) is 4.94. The van der Waals surface area contributed by atoms with Gasteiger partial charge in [-0.15, -0.1) is 0 Å². The molecule has 1 fully saturated rings. The predicted molar refractivity (Wildman–Crippen MR) is 169 cm³/mol. The average molecular weight is 564 g/mol. The van der Waals surface area contributed by atoms with E-state index in [2.05, 4.69) is 69.7 Å². The maximum absolute atomic E-state index is 13.1. The molecule has 0 unspecified atom stereocenters. The fraction of sp³-hybridized carbons (Fsp3) is 0.500. The normalized spacial score (nSPS) is 14.4. The molecule has 0 bridgehead atoms. The van der Waals surface area contributed by atoms with Crippen LogP contribution < -0.4 is 16.0 Å². The third kappa shape index (κ3) is 11.1. The Hall–Kier alpha value is -3.56. The summed E-state index contributed by atoms with van der Waals surface area (Å²) in [6.45, 7) is 25.4. The second-order valence-electron chi connectivity index (χ2n) is 12.0. The van der Waals surface area contributed by atoms with Gasteiger partial charge in [0, 0.05) is 51.5 Å². The van der Waals surface area contributed by atoms with Gasteiger partial charge in [-0.1, -0.05) is 24.8 Å². The average Bonchev–Trinajstić information content (AvgIpc) is 2.89. The third-order valence-electron chi connectivity index (χ3n) is 6.64. The van der Waals surface area contributed by atoms with Crippen LogP contribution in [0.15, 0.2) is 67.5 Å². The zero-order valence-corrected chi connectivity index (χ0v) is 25.8. The Labute approximate surface area is 246 Å². The molecule has 1 aliphatic heterocycles. The van der Waals surface area contributed by atoms with Crippen molar-refractivity contribution < 1.29 is 9.53 Å². The highest BCUT2D eigenvalue weighted by atomic mass is 16.5. The van der Waals surface area contributed by atoms with Gasteiger partial charge in [-0.2, -0.15) is 0 Å². The second kappa shape index (κ2) is 14.9. The number of rotatable bonds is 14. The molecule has 41 heavy (non-hydrogen) atoms. The number of nitrogens with zero attached hydrogens (tertiary/aromatic N) is 4. The van der Waals surface area contributed by atoms with E-state index in [-0.39, 0.29) is 11.5 Å². The van der Waals surface area contributed by atoms with Gasteiger partial charge in [-0.25, -0.2) is 0 Å². The number of nitrogens with one attached hydrogen (secondary N) is 3. The highest BCUT2D eigenvalue weighted by Gasteiger charge is 2.17. The van der Waals surface area contributed by atoms with E-state index in [1.807, 2.05) is 51.1 Å². The molecular weight excluding hydrogens is 514 g/mol. The van der Waals surface area contributed by atoms with E-state index in [9.17, 15) is 4.79 Å². The lowest BCUT2D eigenvalue weighted by atomic mass is 10.2. The number of para-hydroxylation sites is 2. The number of hydrogen-bond donors (Lipinski definition) is 3. The van der Waals surface area contributed by atoms with Gasteiger partial charge < -0.3 is 35.4 Å². The summed E-state index contributed by atoms with van der Waals surface area (Å²) in [5.41, 5.74) is 2.28. The summed E-state index contributed by atoms with van der Waals surface area (Å²) in [6.07, 6.45) is 2.82. The van der Waals surface area contributed by atoms with Gasteiger partial charge >= 0.3 is 0 Å². The van der Waals surface area contributed by atoms with Crippen LogP contribution in [0.5, 0.6) is 0 Å². The molecule has 1 saturated heterocycles. The minimum atomic E-state index is -0.384. The quantitative estimate of drug-likeness (QED) is 0.279. The number of carbonyl (C=O) groups is 1. The van der Waals surface area contributed by atoms with Crippen molar-refractivity contribution in [1.82, 2.24) is 25.0 Å². The van der Waals surface area contributed by atoms with Crippen molar-refractivity contribution >= 4 is 17.3 Å². The monoisotopic (exact) mass is 563 g/mol. The summed E-state index contributed by atoms with van der Waals surface area (Å²) in [5, 5.41) is 9.55. The van der Waals surface area contributed by atoms with Crippen molar-refractivity contribution in [2.45, 2.75) is 59.2 Å².